The van der Waals surface area contributed by atoms with Gasteiger partial charge in [-0.25, -0.2) is 0 Å². The van der Waals surface area contributed by atoms with Crippen molar-refractivity contribution in [2.24, 2.45) is 0 Å². The highest BCUT2D eigenvalue weighted by Crippen LogP contribution is 2.09. The van der Waals surface area contributed by atoms with Crippen LogP contribution in [0.15, 0.2) is 0 Å². The Balaban J connectivity index is 3.53. The molecule has 122 valence electrons. The summed E-state index contributed by atoms with van der Waals surface area (Å²) in [5.74, 6) is 0. The average Bonchev–Trinajstić information content (AvgIpc) is 2.47. The zero-order valence-electron chi connectivity index (χ0n) is 14.5. The van der Waals surface area contributed by atoms with Gasteiger partial charge in [0.05, 0.1) is 0 Å². The Bertz CT molecular complexity index is 171. The van der Waals surface area contributed by atoms with Crippen LogP contribution >= 0.6 is 0 Å². The first kappa shape index (κ1) is 19.9. The summed E-state index contributed by atoms with van der Waals surface area (Å²) < 4.78 is 0. The third kappa shape index (κ3) is 14.3. The van der Waals surface area contributed by atoms with Crippen LogP contribution in [-0.4, -0.2) is 25.7 Å². The van der Waals surface area contributed by atoms with Crippen molar-refractivity contribution < 1.29 is 0 Å². The zero-order chi connectivity index (χ0) is 14.9. The summed E-state index contributed by atoms with van der Waals surface area (Å²) in [4.78, 5) is 0. The highest BCUT2D eigenvalue weighted by atomic mass is 14.9. The Morgan fingerprint density at radius 1 is 0.600 bits per heavy atom. The SMILES string of the molecule is CCCCCNC(CCCC)CCCCNCCCC. The molecule has 0 rings (SSSR count). The van der Waals surface area contributed by atoms with E-state index in [1.54, 1.807) is 0 Å². The van der Waals surface area contributed by atoms with E-state index in [4.69, 9.17) is 0 Å². The summed E-state index contributed by atoms with van der Waals surface area (Å²) in [6, 6.07) is 0.766. The molecule has 0 radical (unpaired) electrons. The zero-order valence-corrected chi connectivity index (χ0v) is 14.5. The predicted molar refractivity (Wildman–Crippen MR) is 92.5 cm³/mol. The van der Waals surface area contributed by atoms with Gasteiger partial charge in [0.1, 0.15) is 0 Å². The van der Waals surface area contributed by atoms with Crippen molar-refractivity contribution in [3.63, 3.8) is 0 Å². The fourth-order valence-corrected chi connectivity index (χ4v) is 2.55. The minimum absolute atomic E-state index is 0.766. The Morgan fingerprint density at radius 2 is 1.20 bits per heavy atom. The summed E-state index contributed by atoms with van der Waals surface area (Å²) in [5.41, 5.74) is 0. The van der Waals surface area contributed by atoms with Crippen LogP contribution in [0.5, 0.6) is 0 Å². The van der Waals surface area contributed by atoms with Gasteiger partial charge in [0.25, 0.3) is 0 Å². The maximum absolute atomic E-state index is 3.78. The molecule has 1 atom stereocenters. The normalized spacial score (nSPS) is 12.8. The molecular weight excluding hydrogens is 244 g/mol. The van der Waals surface area contributed by atoms with E-state index in [1.807, 2.05) is 0 Å². The van der Waals surface area contributed by atoms with Crippen LogP contribution in [0.3, 0.4) is 0 Å². The van der Waals surface area contributed by atoms with Crippen LogP contribution < -0.4 is 10.6 Å². The molecule has 0 aromatic heterocycles. The van der Waals surface area contributed by atoms with E-state index in [1.165, 1.54) is 90.3 Å². The Labute approximate surface area is 128 Å². The van der Waals surface area contributed by atoms with Crippen molar-refractivity contribution in [3.8, 4) is 0 Å². The van der Waals surface area contributed by atoms with E-state index in [9.17, 15) is 0 Å². The van der Waals surface area contributed by atoms with Gasteiger partial charge in [0, 0.05) is 6.04 Å². The standard InChI is InChI=1S/C18H40N2/c1-4-7-11-17-20-18(13-8-5-2)14-10-12-16-19-15-9-6-3/h18-20H,4-17H2,1-3H3. The topological polar surface area (TPSA) is 24.1 Å². The summed E-state index contributed by atoms with van der Waals surface area (Å²) >= 11 is 0. The van der Waals surface area contributed by atoms with E-state index >= 15 is 0 Å². The molecule has 20 heavy (non-hydrogen) atoms. The van der Waals surface area contributed by atoms with Crippen molar-refractivity contribution in [2.45, 2.75) is 97.4 Å². The van der Waals surface area contributed by atoms with Crippen molar-refractivity contribution in [3.05, 3.63) is 0 Å². The minimum Gasteiger partial charge on any atom is -0.317 e. The molecule has 0 aromatic rings. The molecule has 2 N–H and O–H groups in total. The number of rotatable bonds is 16. The van der Waals surface area contributed by atoms with Gasteiger partial charge in [-0.15, -0.1) is 0 Å². The monoisotopic (exact) mass is 284 g/mol. The number of hydrogen-bond donors (Lipinski definition) is 2. The minimum atomic E-state index is 0.766. The van der Waals surface area contributed by atoms with Gasteiger partial charge in [0.15, 0.2) is 0 Å². The number of unbranched alkanes of at least 4 members (excludes halogenated alkanes) is 5. The van der Waals surface area contributed by atoms with E-state index in [-0.39, 0.29) is 0 Å². The molecule has 0 aliphatic heterocycles. The Morgan fingerprint density at radius 3 is 1.90 bits per heavy atom. The molecule has 0 aliphatic carbocycles. The van der Waals surface area contributed by atoms with Crippen molar-refractivity contribution >= 4 is 0 Å². The third-order valence-electron chi connectivity index (χ3n) is 3.98. The molecule has 0 aliphatic rings. The molecular formula is C18H40N2. The second-order valence-electron chi connectivity index (χ2n) is 6.10. The van der Waals surface area contributed by atoms with Gasteiger partial charge >= 0.3 is 0 Å². The average molecular weight is 285 g/mol. The van der Waals surface area contributed by atoms with Crippen LogP contribution in [-0.2, 0) is 0 Å². The molecule has 2 nitrogen and oxygen atoms in total. The Hall–Kier alpha value is -0.0800. The van der Waals surface area contributed by atoms with E-state index < -0.39 is 0 Å². The van der Waals surface area contributed by atoms with Crippen molar-refractivity contribution in [1.29, 1.82) is 0 Å². The second kappa shape index (κ2) is 17.0. The molecule has 2 heteroatoms. The summed E-state index contributed by atoms with van der Waals surface area (Å²) in [5, 5.41) is 7.32. The van der Waals surface area contributed by atoms with Crippen LogP contribution in [0.4, 0.5) is 0 Å². The first-order chi connectivity index (χ1) is 9.85. The third-order valence-corrected chi connectivity index (χ3v) is 3.98. The lowest BCUT2D eigenvalue weighted by Gasteiger charge is -2.18. The van der Waals surface area contributed by atoms with Crippen LogP contribution in [0, 0.1) is 0 Å². The second-order valence-corrected chi connectivity index (χ2v) is 6.10. The molecule has 0 spiro atoms. The Kier molecular flexibility index (Phi) is 16.9. The quantitative estimate of drug-likeness (QED) is 0.395. The van der Waals surface area contributed by atoms with Crippen LogP contribution in [0.2, 0.25) is 0 Å². The van der Waals surface area contributed by atoms with Gasteiger partial charge in [-0.1, -0.05) is 59.3 Å². The predicted octanol–water partition coefficient (Wildman–Crippen LogP) is 4.89. The maximum Gasteiger partial charge on any atom is 0.00670 e. The molecule has 0 amide bonds. The lowest BCUT2D eigenvalue weighted by molar-refractivity contribution is 0.415. The molecule has 0 aromatic carbocycles. The highest BCUT2D eigenvalue weighted by Gasteiger charge is 2.06. The largest absolute Gasteiger partial charge is 0.317 e. The molecule has 1 unspecified atom stereocenters. The van der Waals surface area contributed by atoms with Gasteiger partial charge in [0.2, 0.25) is 0 Å². The first-order valence-corrected chi connectivity index (χ1v) is 9.29. The molecule has 0 bridgehead atoms. The van der Waals surface area contributed by atoms with Crippen LogP contribution in [0.1, 0.15) is 91.4 Å². The smallest absolute Gasteiger partial charge is 0.00670 e. The first-order valence-electron chi connectivity index (χ1n) is 9.29. The number of nitrogens with one attached hydrogen (secondary N) is 2. The summed E-state index contributed by atoms with van der Waals surface area (Å²) in [6.45, 7) is 10.5. The van der Waals surface area contributed by atoms with Crippen molar-refractivity contribution in [2.75, 3.05) is 19.6 Å². The van der Waals surface area contributed by atoms with Gasteiger partial charge in [-0.3, -0.25) is 0 Å². The summed E-state index contributed by atoms with van der Waals surface area (Å²) in [7, 11) is 0. The van der Waals surface area contributed by atoms with E-state index in [2.05, 4.69) is 31.4 Å². The maximum atomic E-state index is 3.78. The lowest BCUT2D eigenvalue weighted by atomic mass is 10.0. The van der Waals surface area contributed by atoms with Gasteiger partial charge in [-0.2, -0.15) is 0 Å². The van der Waals surface area contributed by atoms with E-state index in [0.29, 0.717) is 0 Å². The van der Waals surface area contributed by atoms with Gasteiger partial charge < -0.3 is 10.6 Å². The van der Waals surface area contributed by atoms with E-state index in [0.717, 1.165) is 6.04 Å². The van der Waals surface area contributed by atoms with Gasteiger partial charge in [-0.05, 0) is 51.7 Å². The fraction of sp³-hybridized carbons (Fsp3) is 1.00. The van der Waals surface area contributed by atoms with Crippen LogP contribution in [0.25, 0.3) is 0 Å². The summed E-state index contributed by atoms with van der Waals surface area (Å²) in [6.07, 6.45) is 14.8. The number of hydrogen-bond acceptors (Lipinski definition) is 2. The molecule has 0 heterocycles. The van der Waals surface area contributed by atoms with Crippen molar-refractivity contribution in [1.82, 2.24) is 10.6 Å². The lowest BCUT2D eigenvalue weighted by Crippen LogP contribution is -2.30. The molecule has 0 saturated carbocycles. The highest BCUT2D eigenvalue weighted by molar-refractivity contribution is 4.67. The molecule has 0 saturated heterocycles. The molecule has 0 fully saturated rings. The fourth-order valence-electron chi connectivity index (χ4n) is 2.55.